The van der Waals surface area contributed by atoms with Gasteiger partial charge in [-0.1, -0.05) is 0 Å². The molecule has 0 aromatic heterocycles. The summed E-state index contributed by atoms with van der Waals surface area (Å²) in [6, 6.07) is 5.80. The highest BCUT2D eigenvalue weighted by molar-refractivity contribution is 5.94. The molecule has 1 aromatic rings. The predicted molar refractivity (Wildman–Crippen MR) is 90.5 cm³/mol. The number of carbonyl (C=O) groups is 1. The summed E-state index contributed by atoms with van der Waals surface area (Å²) >= 11 is 0. The number of rotatable bonds is 4. The molecule has 2 fully saturated rings. The maximum absolute atomic E-state index is 12.6. The van der Waals surface area contributed by atoms with Gasteiger partial charge in [0, 0.05) is 11.7 Å². The van der Waals surface area contributed by atoms with E-state index in [-0.39, 0.29) is 30.3 Å². The Labute approximate surface area is 138 Å². The minimum Gasteiger partial charge on any atom is -0.494 e. The van der Waals surface area contributed by atoms with Crippen molar-refractivity contribution in [3.63, 3.8) is 0 Å². The maximum Gasteiger partial charge on any atom is 0.229 e. The molecule has 0 aliphatic heterocycles. The van der Waals surface area contributed by atoms with Gasteiger partial charge < -0.3 is 15.8 Å². The Morgan fingerprint density at radius 2 is 2.09 bits per heavy atom. The fourth-order valence-electron chi connectivity index (χ4n) is 3.97. The average Bonchev–Trinajstić information content (AvgIpc) is 3.03. The summed E-state index contributed by atoms with van der Waals surface area (Å²) in [5.41, 5.74) is 8.12. The molecule has 3 N–H and O–H groups in total. The van der Waals surface area contributed by atoms with Gasteiger partial charge in [-0.2, -0.15) is 0 Å². The second-order valence-corrected chi connectivity index (χ2v) is 6.34. The molecule has 0 radical (unpaired) electrons. The molecule has 0 heterocycles. The molecule has 1 aromatic carbocycles. The topological polar surface area (TPSA) is 64.3 Å². The number of anilines is 1. The standard InChI is InChI=1S/C17H24N2O2.ClH/c1-3-21-13-6-7-14(10(2)8-13)19-17(20)15-11-4-5-12(9-11)16(15)18;/h6-8,11-12,15-16H,3-5,9,18H2,1-2H3,(H,19,20);1H. The molecule has 2 aliphatic rings. The summed E-state index contributed by atoms with van der Waals surface area (Å²) in [6.07, 6.45) is 3.47. The van der Waals surface area contributed by atoms with Crippen molar-refractivity contribution < 1.29 is 9.53 Å². The first kappa shape index (κ1) is 17.1. The van der Waals surface area contributed by atoms with E-state index < -0.39 is 0 Å². The highest BCUT2D eigenvalue weighted by Crippen LogP contribution is 2.48. The molecule has 1 amide bonds. The first-order chi connectivity index (χ1) is 10.1. The highest BCUT2D eigenvalue weighted by atomic mass is 35.5. The normalized spacial score (nSPS) is 29.0. The Hall–Kier alpha value is -1.26. The SMILES string of the molecule is CCOc1ccc(NC(=O)C2C3CCC(C3)C2N)c(C)c1.Cl. The van der Waals surface area contributed by atoms with Crippen molar-refractivity contribution in [3.8, 4) is 5.75 Å². The van der Waals surface area contributed by atoms with Crippen LogP contribution in [0.5, 0.6) is 5.75 Å². The Bertz CT molecular complexity index is 547. The van der Waals surface area contributed by atoms with Crippen LogP contribution in [0.2, 0.25) is 0 Å². The van der Waals surface area contributed by atoms with Crippen LogP contribution in [0.4, 0.5) is 5.69 Å². The Balaban J connectivity index is 0.00000176. The largest absolute Gasteiger partial charge is 0.494 e. The van der Waals surface area contributed by atoms with Crippen LogP contribution < -0.4 is 15.8 Å². The molecule has 4 atom stereocenters. The Morgan fingerprint density at radius 3 is 2.68 bits per heavy atom. The molecule has 5 heteroatoms. The molecule has 2 bridgehead atoms. The van der Waals surface area contributed by atoms with E-state index in [0.717, 1.165) is 29.8 Å². The van der Waals surface area contributed by atoms with E-state index in [9.17, 15) is 4.79 Å². The zero-order valence-corrected chi connectivity index (χ0v) is 14.0. The van der Waals surface area contributed by atoms with E-state index in [2.05, 4.69) is 5.32 Å². The number of amides is 1. The average molecular weight is 325 g/mol. The number of hydrogen-bond acceptors (Lipinski definition) is 3. The van der Waals surface area contributed by atoms with Gasteiger partial charge in [0.2, 0.25) is 5.91 Å². The van der Waals surface area contributed by atoms with Gasteiger partial charge in [0.1, 0.15) is 5.75 Å². The molecule has 4 nitrogen and oxygen atoms in total. The molecule has 4 unspecified atom stereocenters. The van der Waals surface area contributed by atoms with Crippen molar-refractivity contribution in [3.05, 3.63) is 23.8 Å². The van der Waals surface area contributed by atoms with Crippen molar-refractivity contribution >= 4 is 24.0 Å². The summed E-state index contributed by atoms with van der Waals surface area (Å²) in [5, 5.41) is 3.06. The van der Waals surface area contributed by atoms with Crippen molar-refractivity contribution in [1.29, 1.82) is 0 Å². The van der Waals surface area contributed by atoms with Crippen molar-refractivity contribution in [2.24, 2.45) is 23.5 Å². The van der Waals surface area contributed by atoms with Gasteiger partial charge in [0.05, 0.1) is 12.5 Å². The van der Waals surface area contributed by atoms with E-state index in [1.165, 1.54) is 6.42 Å². The van der Waals surface area contributed by atoms with Gasteiger partial charge in [0.25, 0.3) is 0 Å². The van der Waals surface area contributed by atoms with Gasteiger partial charge in [-0.3, -0.25) is 4.79 Å². The monoisotopic (exact) mass is 324 g/mol. The number of benzene rings is 1. The molecule has 22 heavy (non-hydrogen) atoms. The second kappa shape index (κ2) is 6.88. The number of carbonyl (C=O) groups excluding carboxylic acids is 1. The van der Waals surface area contributed by atoms with E-state index in [1.54, 1.807) is 0 Å². The third-order valence-electron chi connectivity index (χ3n) is 5.05. The van der Waals surface area contributed by atoms with Gasteiger partial charge in [-0.05, 0) is 68.7 Å². The zero-order chi connectivity index (χ0) is 15.0. The van der Waals surface area contributed by atoms with Crippen LogP contribution in [0, 0.1) is 24.7 Å². The van der Waals surface area contributed by atoms with E-state index in [0.29, 0.717) is 18.4 Å². The van der Waals surface area contributed by atoms with Crippen LogP contribution in [0.1, 0.15) is 31.7 Å². The van der Waals surface area contributed by atoms with E-state index in [4.69, 9.17) is 10.5 Å². The van der Waals surface area contributed by atoms with Crippen LogP contribution in [0.15, 0.2) is 18.2 Å². The number of aryl methyl sites for hydroxylation is 1. The van der Waals surface area contributed by atoms with Gasteiger partial charge >= 0.3 is 0 Å². The van der Waals surface area contributed by atoms with Crippen molar-refractivity contribution in [2.45, 2.75) is 39.2 Å². The smallest absolute Gasteiger partial charge is 0.229 e. The summed E-state index contributed by atoms with van der Waals surface area (Å²) in [5.74, 6) is 1.93. The number of ether oxygens (including phenoxy) is 1. The summed E-state index contributed by atoms with van der Waals surface area (Å²) in [7, 11) is 0. The van der Waals surface area contributed by atoms with Crippen LogP contribution in [-0.2, 0) is 4.79 Å². The van der Waals surface area contributed by atoms with E-state index >= 15 is 0 Å². The van der Waals surface area contributed by atoms with Crippen LogP contribution in [0.25, 0.3) is 0 Å². The van der Waals surface area contributed by atoms with Gasteiger partial charge in [-0.15, -0.1) is 12.4 Å². The third-order valence-corrected chi connectivity index (χ3v) is 5.05. The number of halogens is 1. The first-order valence-electron chi connectivity index (χ1n) is 7.90. The highest BCUT2D eigenvalue weighted by Gasteiger charge is 2.49. The van der Waals surface area contributed by atoms with Crippen LogP contribution >= 0.6 is 12.4 Å². The fraction of sp³-hybridized carbons (Fsp3) is 0.588. The summed E-state index contributed by atoms with van der Waals surface area (Å²) in [6.45, 7) is 4.59. The van der Waals surface area contributed by atoms with Crippen molar-refractivity contribution in [2.75, 3.05) is 11.9 Å². The molecule has 0 spiro atoms. The molecular formula is C17H25ClN2O2. The number of nitrogens with two attached hydrogens (primary N) is 1. The lowest BCUT2D eigenvalue weighted by atomic mass is 9.84. The van der Waals surface area contributed by atoms with Crippen LogP contribution in [-0.4, -0.2) is 18.6 Å². The van der Waals surface area contributed by atoms with Gasteiger partial charge in [-0.25, -0.2) is 0 Å². The predicted octanol–water partition coefficient (Wildman–Crippen LogP) is 3.13. The first-order valence-corrected chi connectivity index (χ1v) is 7.90. The number of fused-ring (bicyclic) bond motifs is 2. The molecule has 2 aliphatic carbocycles. The quantitative estimate of drug-likeness (QED) is 0.894. The van der Waals surface area contributed by atoms with Crippen LogP contribution in [0.3, 0.4) is 0 Å². The van der Waals surface area contributed by atoms with E-state index in [1.807, 2.05) is 32.0 Å². The molecule has 122 valence electrons. The number of nitrogens with one attached hydrogen (secondary N) is 1. The lowest BCUT2D eigenvalue weighted by molar-refractivity contribution is -0.121. The Morgan fingerprint density at radius 1 is 1.36 bits per heavy atom. The maximum atomic E-state index is 12.6. The lowest BCUT2D eigenvalue weighted by Gasteiger charge is -2.27. The van der Waals surface area contributed by atoms with Gasteiger partial charge in [0.15, 0.2) is 0 Å². The minimum absolute atomic E-state index is 0. The molecular weight excluding hydrogens is 300 g/mol. The fourth-order valence-corrected chi connectivity index (χ4v) is 3.97. The summed E-state index contributed by atoms with van der Waals surface area (Å²) < 4.78 is 5.47. The molecule has 2 saturated carbocycles. The van der Waals surface area contributed by atoms with Crippen molar-refractivity contribution in [1.82, 2.24) is 0 Å². The zero-order valence-electron chi connectivity index (χ0n) is 13.2. The summed E-state index contributed by atoms with van der Waals surface area (Å²) in [4.78, 5) is 12.6. The third kappa shape index (κ3) is 3.08. The Kier molecular flexibility index (Phi) is 5.35. The molecule has 3 rings (SSSR count). The lowest BCUT2D eigenvalue weighted by Crippen LogP contribution is -2.42. The minimum atomic E-state index is -0.0188. The second-order valence-electron chi connectivity index (χ2n) is 6.34. The molecule has 0 saturated heterocycles. The number of hydrogen-bond donors (Lipinski definition) is 2.